The summed E-state index contributed by atoms with van der Waals surface area (Å²) in [5, 5.41) is 12.9. The Morgan fingerprint density at radius 2 is 2.15 bits per heavy atom. The van der Waals surface area contributed by atoms with E-state index < -0.39 is 11.5 Å². The lowest BCUT2D eigenvalue weighted by molar-refractivity contribution is 0.0138. The van der Waals surface area contributed by atoms with Crippen LogP contribution in [0.3, 0.4) is 0 Å². The summed E-state index contributed by atoms with van der Waals surface area (Å²) in [4.78, 5) is 16.1. The van der Waals surface area contributed by atoms with E-state index in [1.54, 1.807) is 19.2 Å². The molecule has 0 radical (unpaired) electrons. The van der Waals surface area contributed by atoms with E-state index in [9.17, 15) is 9.90 Å². The van der Waals surface area contributed by atoms with E-state index in [0.717, 1.165) is 0 Å². The second kappa shape index (κ2) is 6.70. The first-order valence-corrected chi connectivity index (χ1v) is 6.74. The van der Waals surface area contributed by atoms with Crippen molar-refractivity contribution in [3.05, 3.63) is 24.0 Å². The Kier molecular flexibility index (Phi) is 5.51. The summed E-state index contributed by atoms with van der Waals surface area (Å²) in [5.74, 6) is 0.455. The number of pyridine rings is 1. The molecule has 0 saturated carbocycles. The summed E-state index contributed by atoms with van der Waals surface area (Å²) in [6.07, 6.45) is 1.04. The number of methoxy groups -OCH3 is 1. The van der Waals surface area contributed by atoms with Gasteiger partial charge in [0.1, 0.15) is 11.4 Å². The zero-order valence-electron chi connectivity index (χ0n) is 12.8. The Balaban J connectivity index is 2.67. The molecule has 1 aromatic rings. The number of nitrogens with one attached hydrogen (secondary N) is 1. The summed E-state index contributed by atoms with van der Waals surface area (Å²) in [6, 6.07) is 3.27. The summed E-state index contributed by atoms with van der Waals surface area (Å²) < 4.78 is 5.06. The lowest BCUT2D eigenvalue weighted by Crippen LogP contribution is -2.43. The Bertz CT molecular complexity index is 458. The van der Waals surface area contributed by atoms with Gasteiger partial charge in [0.05, 0.1) is 13.2 Å². The summed E-state index contributed by atoms with van der Waals surface area (Å²) in [6.45, 7) is 8.15. The molecule has 20 heavy (non-hydrogen) atoms. The highest BCUT2D eigenvalue weighted by Gasteiger charge is 2.30. The van der Waals surface area contributed by atoms with Crippen molar-refractivity contribution in [1.29, 1.82) is 0 Å². The fraction of sp³-hybridized carbons (Fsp3) is 0.600. The molecule has 0 fully saturated rings. The van der Waals surface area contributed by atoms with Crippen molar-refractivity contribution < 1.29 is 14.6 Å². The van der Waals surface area contributed by atoms with E-state index in [2.05, 4.69) is 10.3 Å². The maximum absolute atomic E-state index is 12.0. The van der Waals surface area contributed by atoms with Crippen LogP contribution < -0.4 is 10.1 Å². The van der Waals surface area contributed by atoms with Crippen LogP contribution in [0.15, 0.2) is 18.3 Å². The molecule has 5 nitrogen and oxygen atoms in total. The number of hydrogen-bond donors (Lipinski definition) is 2. The molecule has 0 spiro atoms. The van der Waals surface area contributed by atoms with Crippen LogP contribution in [0.4, 0.5) is 0 Å². The van der Waals surface area contributed by atoms with Crippen LogP contribution in [-0.4, -0.2) is 35.8 Å². The molecule has 112 valence electrons. The number of amides is 1. The molecule has 0 aliphatic carbocycles. The number of carbonyl (C=O) groups excluding carboxylic acids is 1. The van der Waals surface area contributed by atoms with Gasteiger partial charge < -0.3 is 15.2 Å². The Hall–Kier alpha value is -1.62. The van der Waals surface area contributed by atoms with Crippen LogP contribution in [0.5, 0.6) is 5.75 Å². The van der Waals surface area contributed by atoms with Gasteiger partial charge >= 0.3 is 0 Å². The molecule has 1 unspecified atom stereocenters. The third-order valence-electron chi connectivity index (χ3n) is 3.34. The second-order valence-corrected chi connectivity index (χ2v) is 5.94. The van der Waals surface area contributed by atoms with E-state index in [1.807, 2.05) is 27.7 Å². The molecule has 0 aliphatic rings. The third kappa shape index (κ3) is 4.20. The number of rotatable bonds is 6. The predicted molar refractivity (Wildman–Crippen MR) is 77.7 cm³/mol. The zero-order chi connectivity index (χ0) is 15.3. The first kappa shape index (κ1) is 16.4. The van der Waals surface area contributed by atoms with Crippen molar-refractivity contribution in [2.45, 2.75) is 33.8 Å². The van der Waals surface area contributed by atoms with Gasteiger partial charge in [0.25, 0.3) is 5.91 Å². The average Bonchev–Trinajstić information content (AvgIpc) is 2.43. The van der Waals surface area contributed by atoms with Gasteiger partial charge in [-0.25, -0.2) is 0 Å². The minimum absolute atomic E-state index is 0.136. The smallest absolute Gasteiger partial charge is 0.270 e. The molecule has 1 atom stereocenters. The first-order valence-electron chi connectivity index (χ1n) is 6.74. The summed E-state index contributed by atoms with van der Waals surface area (Å²) >= 11 is 0. The minimum atomic E-state index is -0.485. The number of hydrogen-bond acceptors (Lipinski definition) is 4. The maximum atomic E-state index is 12.0. The third-order valence-corrected chi connectivity index (χ3v) is 3.34. The van der Waals surface area contributed by atoms with Crippen LogP contribution in [-0.2, 0) is 0 Å². The lowest BCUT2D eigenvalue weighted by atomic mass is 9.80. The van der Waals surface area contributed by atoms with Crippen molar-refractivity contribution in [3.8, 4) is 5.75 Å². The number of aromatic nitrogens is 1. The SMILES string of the molecule is COc1ccnc(C(=O)NCC(C)(C)C(O)C(C)C)c1. The van der Waals surface area contributed by atoms with Crippen molar-refractivity contribution in [3.63, 3.8) is 0 Å². The predicted octanol–water partition coefficient (Wildman–Crippen LogP) is 1.86. The van der Waals surface area contributed by atoms with Gasteiger partial charge in [-0.05, 0) is 12.0 Å². The van der Waals surface area contributed by atoms with Crippen molar-refractivity contribution in [2.75, 3.05) is 13.7 Å². The maximum Gasteiger partial charge on any atom is 0.270 e. The number of aliphatic hydroxyl groups is 1. The van der Waals surface area contributed by atoms with Crippen molar-refractivity contribution in [1.82, 2.24) is 10.3 Å². The monoisotopic (exact) mass is 280 g/mol. The largest absolute Gasteiger partial charge is 0.497 e. The quantitative estimate of drug-likeness (QED) is 0.834. The zero-order valence-corrected chi connectivity index (χ0v) is 12.8. The van der Waals surface area contributed by atoms with Gasteiger partial charge in [-0.3, -0.25) is 9.78 Å². The van der Waals surface area contributed by atoms with Gasteiger partial charge in [0.15, 0.2) is 0 Å². The van der Waals surface area contributed by atoms with Gasteiger partial charge in [0, 0.05) is 24.2 Å². The molecule has 2 N–H and O–H groups in total. The van der Waals surface area contributed by atoms with E-state index in [0.29, 0.717) is 18.0 Å². The van der Waals surface area contributed by atoms with Crippen LogP contribution in [0.1, 0.15) is 38.2 Å². The van der Waals surface area contributed by atoms with E-state index >= 15 is 0 Å². The van der Waals surface area contributed by atoms with Crippen molar-refractivity contribution in [2.24, 2.45) is 11.3 Å². The molecule has 0 aromatic carbocycles. The molecule has 5 heteroatoms. The molecule has 0 saturated heterocycles. The highest BCUT2D eigenvalue weighted by atomic mass is 16.5. The Morgan fingerprint density at radius 1 is 1.50 bits per heavy atom. The van der Waals surface area contributed by atoms with Crippen LogP contribution in [0.2, 0.25) is 0 Å². The summed E-state index contributed by atoms with van der Waals surface area (Å²) in [7, 11) is 1.54. The fourth-order valence-electron chi connectivity index (χ4n) is 2.07. The summed E-state index contributed by atoms with van der Waals surface area (Å²) in [5.41, 5.74) is -0.0953. The molecular weight excluding hydrogens is 256 g/mol. The minimum Gasteiger partial charge on any atom is -0.497 e. The van der Waals surface area contributed by atoms with Crippen LogP contribution in [0, 0.1) is 11.3 Å². The average molecular weight is 280 g/mol. The number of aliphatic hydroxyl groups excluding tert-OH is 1. The Morgan fingerprint density at radius 3 is 2.70 bits per heavy atom. The normalized spacial score (nSPS) is 13.2. The highest BCUT2D eigenvalue weighted by molar-refractivity contribution is 5.92. The second-order valence-electron chi connectivity index (χ2n) is 5.94. The van der Waals surface area contributed by atoms with Gasteiger partial charge in [-0.1, -0.05) is 27.7 Å². The van der Waals surface area contributed by atoms with Gasteiger partial charge in [0.2, 0.25) is 0 Å². The fourth-order valence-corrected chi connectivity index (χ4v) is 2.07. The standard InChI is InChI=1S/C15H24N2O3/c1-10(2)13(18)15(3,4)9-17-14(19)12-8-11(20-5)6-7-16-12/h6-8,10,13,18H,9H2,1-5H3,(H,17,19). The van der Waals surface area contributed by atoms with Crippen molar-refractivity contribution >= 4 is 5.91 Å². The first-order chi connectivity index (χ1) is 9.27. The topological polar surface area (TPSA) is 71.5 Å². The van der Waals surface area contributed by atoms with Crippen LogP contribution in [0.25, 0.3) is 0 Å². The van der Waals surface area contributed by atoms with E-state index in [-0.39, 0.29) is 11.8 Å². The lowest BCUT2D eigenvalue weighted by Gasteiger charge is -2.33. The number of carbonyl (C=O) groups is 1. The van der Waals surface area contributed by atoms with Crippen LogP contribution >= 0.6 is 0 Å². The molecule has 1 amide bonds. The van der Waals surface area contributed by atoms with Gasteiger partial charge in [-0.2, -0.15) is 0 Å². The van der Waals surface area contributed by atoms with E-state index in [4.69, 9.17) is 4.74 Å². The molecular formula is C15H24N2O3. The number of ether oxygens (including phenoxy) is 1. The molecule has 1 rings (SSSR count). The number of nitrogens with zero attached hydrogens (tertiary/aromatic N) is 1. The Labute approximate surface area is 120 Å². The van der Waals surface area contributed by atoms with Gasteiger partial charge in [-0.15, -0.1) is 0 Å². The molecule has 1 heterocycles. The molecule has 1 aromatic heterocycles. The molecule has 0 bridgehead atoms. The van der Waals surface area contributed by atoms with E-state index in [1.165, 1.54) is 6.20 Å². The molecule has 0 aliphatic heterocycles. The highest BCUT2D eigenvalue weighted by Crippen LogP contribution is 2.25.